The quantitative estimate of drug-likeness (QED) is 0.0166. The summed E-state index contributed by atoms with van der Waals surface area (Å²) in [6, 6.07) is -28.5. The monoisotopic (exact) mass is 1960 g/mol. The second kappa shape index (κ2) is 61.9. The van der Waals surface area contributed by atoms with Gasteiger partial charge in [0, 0.05) is 88.5 Å². The lowest BCUT2D eigenvalue weighted by Crippen LogP contribution is -2.62. The number of aliphatic hydroxyl groups is 3. The van der Waals surface area contributed by atoms with Crippen molar-refractivity contribution < 1.29 is 121 Å². The molecule has 0 fully saturated rings. The first-order valence-electron chi connectivity index (χ1n) is 43.0. The molecular formula is C76H129N37O25. The third-order valence-corrected chi connectivity index (χ3v) is 19.9. The molecule has 0 aromatic carbocycles. The van der Waals surface area contributed by atoms with E-state index >= 15 is 0 Å². The van der Waals surface area contributed by atoms with Crippen LogP contribution in [-0.4, -0.2) is 330 Å². The van der Waals surface area contributed by atoms with Crippen LogP contribution in [0.25, 0.3) is 0 Å². The molecule has 2 rings (SSSR count). The van der Waals surface area contributed by atoms with Crippen LogP contribution in [0, 0.1) is 21.6 Å². The molecule has 0 spiro atoms. The van der Waals surface area contributed by atoms with Gasteiger partial charge in [0.15, 0.2) is 23.8 Å². The Hall–Kier alpha value is -15.8. The zero-order valence-corrected chi connectivity index (χ0v) is 75.8. The smallest absolute Gasteiger partial charge is 0.328 e. The molecule has 768 valence electrons. The molecule has 62 heteroatoms. The molecule has 0 radical (unpaired) electrons. The molecule has 0 aliphatic heterocycles. The van der Waals surface area contributed by atoms with Crippen molar-refractivity contribution >= 4 is 148 Å². The van der Waals surface area contributed by atoms with Gasteiger partial charge >= 0.3 is 5.97 Å². The van der Waals surface area contributed by atoms with Crippen LogP contribution in [0.5, 0.6) is 0 Å². The van der Waals surface area contributed by atoms with Crippen molar-refractivity contribution in [3.63, 3.8) is 0 Å². The van der Waals surface area contributed by atoms with Crippen molar-refractivity contribution in [3.05, 3.63) is 36.4 Å². The number of imidazole rings is 2. The van der Waals surface area contributed by atoms with E-state index in [1.807, 2.05) is 10.6 Å². The van der Waals surface area contributed by atoms with Crippen LogP contribution in [0.1, 0.15) is 141 Å². The summed E-state index contributed by atoms with van der Waals surface area (Å²) in [4.78, 5) is 298. The topological polar surface area (TPSA) is 1080 Å². The third kappa shape index (κ3) is 47.2. The number of aliphatic hydroxyl groups excluding tert-OH is 3. The number of hydrogen-bond acceptors (Lipinski definition) is 31. The van der Waals surface area contributed by atoms with E-state index < -0.39 is 329 Å². The number of aromatic nitrogens is 4. The van der Waals surface area contributed by atoms with Crippen LogP contribution < -0.4 is 158 Å². The van der Waals surface area contributed by atoms with Gasteiger partial charge in [-0.15, -0.1) is 0 Å². The minimum Gasteiger partial charge on any atom is -0.480 e. The minimum absolute atomic E-state index is 0.00172. The lowest BCUT2D eigenvalue weighted by molar-refractivity contribution is -0.143. The first-order chi connectivity index (χ1) is 64.9. The maximum Gasteiger partial charge on any atom is 0.328 e. The Kier molecular flexibility index (Phi) is 53.1. The predicted molar refractivity (Wildman–Crippen MR) is 480 cm³/mol. The second-order valence-electron chi connectivity index (χ2n) is 31.4. The number of rotatable bonds is 68. The van der Waals surface area contributed by atoms with Gasteiger partial charge in [-0.2, -0.15) is 0 Å². The largest absolute Gasteiger partial charge is 0.480 e. The van der Waals surface area contributed by atoms with Gasteiger partial charge in [0.05, 0.1) is 44.4 Å². The highest BCUT2D eigenvalue weighted by atomic mass is 16.4. The molecule has 0 aliphatic rings. The second-order valence-corrected chi connectivity index (χ2v) is 31.4. The maximum absolute atomic E-state index is 14.7. The van der Waals surface area contributed by atoms with Gasteiger partial charge in [-0.3, -0.25) is 118 Å². The van der Waals surface area contributed by atoms with Gasteiger partial charge in [-0.05, 0) is 97.8 Å². The average molecular weight is 1960 g/mol. The number of carboxylic acid groups (broad SMARTS) is 1. The molecule has 17 atom stereocenters. The van der Waals surface area contributed by atoms with E-state index in [-0.39, 0.29) is 94.9 Å². The number of guanidine groups is 4. The van der Waals surface area contributed by atoms with Crippen molar-refractivity contribution in [1.29, 1.82) is 21.6 Å². The summed E-state index contributed by atoms with van der Waals surface area (Å²) in [5, 5.41) is 115. The van der Waals surface area contributed by atoms with E-state index in [4.69, 9.17) is 79.0 Å². The van der Waals surface area contributed by atoms with E-state index in [9.17, 15) is 121 Å². The molecule has 0 bridgehead atoms. The maximum atomic E-state index is 14.7. The lowest BCUT2D eigenvalue weighted by atomic mass is 10.0. The van der Waals surface area contributed by atoms with Crippen LogP contribution in [-0.2, 0) is 114 Å². The fraction of sp³-hybridized carbons (Fsp3) is 0.592. The van der Waals surface area contributed by atoms with Gasteiger partial charge in [0.2, 0.25) is 118 Å². The number of amides is 20. The zero-order chi connectivity index (χ0) is 104. The minimum atomic E-state index is -2.20. The molecule has 2 aromatic heterocycles. The first kappa shape index (κ1) is 118. The van der Waals surface area contributed by atoms with E-state index in [2.05, 4.69) is 110 Å². The van der Waals surface area contributed by atoms with Gasteiger partial charge in [0.25, 0.3) is 0 Å². The molecule has 0 unspecified atom stereocenters. The van der Waals surface area contributed by atoms with E-state index in [1.165, 1.54) is 25.0 Å². The summed E-state index contributed by atoms with van der Waals surface area (Å²) in [6.07, 6.45) is -4.85. The summed E-state index contributed by atoms with van der Waals surface area (Å²) in [6.45, 7) is 0.723. The molecule has 62 nitrogen and oxygen atoms in total. The van der Waals surface area contributed by atoms with E-state index in [0.29, 0.717) is 0 Å². The molecule has 2 heterocycles. The van der Waals surface area contributed by atoms with Crippen molar-refractivity contribution in [2.45, 2.75) is 246 Å². The van der Waals surface area contributed by atoms with Crippen LogP contribution in [0.15, 0.2) is 25.0 Å². The predicted octanol–water partition coefficient (Wildman–Crippen LogP) is -18.0. The Morgan fingerprint density at radius 3 is 0.862 bits per heavy atom. The van der Waals surface area contributed by atoms with Crippen LogP contribution >= 0.6 is 0 Å². The molecule has 0 saturated heterocycles. The van der Waals surface area contributed by atoms with Gasteiger partial charge < -0.3 is 189 Å². The summed E-state index contributed by atoms with van der Waals surface area (Å²) < 4.78 is 0. The first-order valence-corrected chi connectivity index (χ1v) is 43.0. The summed E-state index contributed by atoms with van der Waals surface area (Å²) in [5.41, 5.74) is 55.3. The highest BCUT2D eigenvalue weighted by Crippen LogP contribution is 2.14. The highest BCUT2D eigenvalue weighted by Gasteiger charge is 2.40. The van der Waals surface area contributed by atoms with Gasteiger partial charge in [-0.1, -0.05) is 0 Å². The fourth-order valence-corrected chi connectivity index (χ4v) is 12.5. The number of aromatic amines is 2. The summed E-state index contributed by atoms with van der Waals surface area (Å²) in [5.74, 6) is -26.9. The molecule has 2 aromatic rings. The van der Waals surface area contributed by atoms with Gasteiger partial charge in [-0.25, -0.2) is 14.8 Å². The number of aliphatic carboxylic acids is 1. The number of nitrogens with zero attached hydrogens (tertiary/aromatic N) is 2. The van der Waals surface area contributed by atoms with Crippen molar-refractivity contribution in [3.8, 4) is 0 Å². The van der Waals surface area contributed by atoms with E-state index in [0.717, 1.165) is 20.8 Å². The lowest BCUT2D eigenvalue weighted by Gasteiger charge is -2.28. The fourth-order valence-electron chi connectivity index (χ4n) is 12.5. The Labute approximate surface area is 787 Å². The Morgan fingerprint density at radius 1 is 0.319 bits per heavy atom. The Morgan fingerprint density at radius 2 is 0.572 bits per heavy atom. The van der Waals surface area contributed by atoms with Crippen LogP contribution in [0.2, 0.25) is 0 Å². The Bertz CT molecular complexity index is 4540. The van der Waals surface area contributed by atoms with E-state index in [1.54, 1.807) is 0 Å². The number of carbonyl (C=O) groups excluding carboxylic acids is 20. The van der Waals surface area contributed by atoms with Crippen molar-refractivity contribution in [2.75, 3.05) is 39.4 Å². The zero-order valence-electron chi connectivity index (χ0n) is 75.8. The molecule has 138 heavy (non-hydrogen) atoms. The normalized spacial score (nSPS) is 14.6. The van der Waals surface area contributed by atoms with Crippen LogP contribution in [0.3, 0.4) is 0 Å². The van der Waals surface area contributed by atoms with Crippen LogP contribution in [0.4, 0.5) is 0 Å². The number of nitrogens with one attached hydrogen (secondary N) is 25. The standard InChI is InChI=1S/C76H129N37O25/c1-33(99-60(125)39(9-5-21-94-74(85)86)102-62(127)40(10-6-22-95-75(87)88)103-63(128)41(11-7-23-96-76(89)90)104-64(129)43(13-17-52(79)118)101-59(124)38(77)8-4-20-93-73(83)84)57(122)108-46(24-36-27-91-31-97-36)67(132)106-44(14-18-53(80)119)65(130)109-48(26-55(82)121)69(134)111-49(29-114)70(135)107-45(15-19-54(81)120)66(131)113-56(35(3)116)71(136)110-47(25-37-28-92-32-98-37)68(133)105-42(12-16-51(78)117)61(126)100-34(2)58(123)112-50(30-115)72(137)138/h27-28,31-35,38-50,56,114-116H,4-26,29-30,77H2,1-3H3,(H2,78,117)(H2,79,118)(H2,80,119)(H2,81,120)(H2,82,121)(H,91,97)(H,92,98)(H,99,125)(H,100,126)(H,101,124)(H,102,127)(H,103,128)(H,104,129)(H,105,133)(H,106,132)(H,107,135)(H,108,122)(H,109,130)(H,110,136)(H,111,134)(H,112,123)(H,113,131)(H,137,138)(H4,83,84,93)(H4,85,86,94)(H4,87,88,95)(H4,89,90,96)/t33-,34-,35+,38-,39-,40-,41-,42-,43-,44-,45-,46-,47-,48-,49-,50-,56-/m0/s1. The number of H-pyrrole nitrogens is 2. The molecule has 0 saturated carbocycles. The average Bonchev–Trinajstić information content (AvgIpc) is 1.14. The van der Waals surface area contributed by atoms with Gasteiger partial charge in [0.1, 0.15) is 90.6 Å². The molecule has 49 N–H and O–H groups in total. The molecule has 0 aliphatic carbocycles. The number of primary amides is 5. The highest BCUT2D eigenvalue weighted by molar-refractivity contribution is 6.02. The molecular weight excluding hydrogens is 1830 g/mol. The Balaban J connectivity index is 2.58. The third-order valence-electron chi connectivity index (χ3n) is 19.9. The van der Waals surface area contributed by atoms with Crippen molar-refractivity contribution in [2.24, 2.45) is 57.3 Å². The number of nitrogens with two attached hydrogens (primary N) is 10. The summed E-state index contributed by atoms with van der Waals surface area (Å²) >= 11 is 0. The number of hydrogen-bond donors (Lipinski definition) is 39. The SMILES string of the molecule is C[C@H](NC(=O)[C@H](CCCNC(=N)N)NC(=O)[C@H](CCCNC(=N)N)NC(=O)[C@H](CCCNC(=N)N)NC(=O)[C@H](CCC(N)=O)NC(=O)[C@@H](N)CCCNC(=N)N)C(=O)N[C@@H](Cc1cnc[nH]1)C(=O)N[C@@H](CCC(N)=O)C(=O)N[C@@H](CC(N)=O)C(=O)N[C@@H](CO)C(=O)N[C@@H](CCC(N)=O)C(=O)N[C@H](C(=O)N[C@@H](Cc1cnc[nH]1)C(=O)N[C@@H](CCC(N)=O)C(=O)N[C@@H](C)C(=O)N[C@@H](CO)C(=O)O)[C@@H](C)O. The number of carbonyl (C=O) groups is 21. The van der Waals surface area contributed by atoms with Crippen molar-refractivity contribution in [1.82, 2.24) is 121 Å². The summed E-state index contributed by atoms with van der Waals surface area (Å²) in [7, 11) is 0. The number of carboxylic acids is 1. The molecule has 20 amide bonds.